The van der Waals surface area contributed by atoms with E-state index in [1.807, 2.05) is 48.7 Å². The van der Waals surface area contributed by atoms with Crippen molar-refractivity contribution in [3.63, 3.8) is 0 Å². The maximum absolute atomic E-state index is 5.07. The third-order valence-corrected chi connectivity index (χ3v) is 10.8. The average Bonchev–Trinajstić information content (AvgIpc) is 3.80. The molecule has 4 heterocycles. The fourth-order valence-electron chi connectivity index (χ4n) is 8.24. The van der Waals surface area contributed by atoms with Crippen LogP contribution in [0.1, 0.15) is 0 Å². The summed E-state index contributed by atoms with van der Waals surface area (Å²) >= 11 is 0. The molecule has 0 radical (unpaired) electrons. The third-order valence-electron chi connectivity index (χ3n) is 10.8. The highest BCUT2D eigenvalue weighted by atomic mass is 15.0. The second-order valence-electron chi connectivity index (χ2n) is 14.1. The number of hydrogen-bond donors (Lipinski definition) is 0. The van der Waals surface area contributed by atoms with Gasteiger partial charge in [-0.1, -0.05) is 127 Å². The summed E-state index contributed by atoms with van der Waals surface area (Å²) in [6, 6.07) is 68.3. The van der Waals surface area contributed by atoms with E-state index in [1.54, 1.807) is 0 Å². The minimum atomic E-state index is 0.708. The van der Waals surface area contributed by atoms with Crippen molar-refractivity contribution in [3.8, 4) is 56.4 Å². The zero-order chi connectivity index (χ0) is 37.0. The number of pyridine rings is 1. The van der Waals surface area contributed by atoms with E-state index in [-0.39, 0.29) is 0 Å². The van der Waals surface area contributed by atoms with E-state index in [0.29, 0.717) is 5.82 Å². The van der Waals surface area contributed by atoms with Crippen molar-refractivity contribution >= 4 is 43.7 Å². The van der Waals surface area contributed by atoms with Gasteiger partial charge in [0.25, 0.3) is 0 Å². The summed E-state index contributed by atoms with van der Waals surface area (Å²) in [4.78, 5) is 14.9. The van der Waals surface area contributed by atoms with Gasteiger partial charge in [-0.05, 0) is 77.9 Å². The molecule has 11 aromatic rings. The molecule has 0 spiro atoms. The number of para-hydroxylation sites is 2. The van der Waals surface area contributed by atoms with Crippen LogP contribution in [0.25, 0.3) is 100 Å². The van der Waals surface area contributed by atoms with Gasteiger partial charge >= 0.3 is 0 Å². The topological polar surface area (TPSA) is 48.5 Å². The predicted octanol–water partition coefficient (Wildman–Crippen LogP) is 12.7. The first-order valence-corrected chi connectivity index (χ1v) is 18.9. The molecule has 5 nitrogen and oxygen atoms in total. The lowest BCUT2D eigenvalue weighted by Crippen LogP contribution is -1.97. The Hall–Kier alpha value is -7.63. The molecule has 0 aliphatic carbocycles. The smallest absolute Gasteiger partial charge is 0.160 e. The minimum absolute atomic E-state index is 0.708. The van der Waals surface area contributed by atoms with Crippen LogP contribution in [-0.4, -0.2) is 24.1 Å². The maximum atomic E-state index is 5.07. The van der Waals surface area contributed by atoms with Crippen LogP contribution in [0.3, 0.4) is 0 Å². The van der Waals surface area contributed by atoms with E-state index >= 15 is 0 Å². The molecule has 56 heavy (non-hydrogen) atoms. The zero-order valence-corrected chi connectivity index (χ0v) is 30.3. The van der Waals surface area contributed by atoms with Crippen LogP contribution >= 0.6 is 0 Å². The number of fused-ring (bicyclic) bond motifs is 6. The van der Waals surface area contributed by atoms with E-state index < -0.39 is 0 Å². The van der Waals surface area contributed by atoms with Gasteiger partial charge in [0.2, 0.25) is 0 Å². The van der Waals surface area contributed by atoms with Crippen LogP contribution in [0.15, 0.2) is 200 Å². The van der Waals surface area contributed by atoms with Gasteiger partial charge in [-0.2, -0.15) is 0 Å². The van der Waals surface area contributed by atoms with E-state index in [1.165, 1.54) is 16.3 Å². The minimum Gasteiger partial charge on any atom is -0.309 e. The van der Waals surface area contributed by atoms with Crippen LogP contribution in [0.5, 0.6) is 0 Å². The van der Waals surface area contributed by atoms with Crippen LogP contribution in [0.2, 0.25) is 0 Å². The van der Waals surface area contributed by atoms with E-state index in [0.717, 1.165) is 78.0 Å². The standard InChI is InChI=1S/C51H33N5/c1-4-14-34(15-5-1)43-33-44(54-51(53-43)36-16-6-2-7-17-36)35-25-28-39(29-26-35)55-45-22-11-10-20-41(45)49-40(21-12-23-46(49)55)37-27-30-42-48(32-37)56(38-18-8-3-9-19-38)47-24-13-31-52-50(42)47/h1-33H. The summed E-state index contributed by atoms with van der Waals surface area (Å²) in [6.07, 6.45) is 1.88. The Labute approximate surface area is 323 Å². The summed E-state index contributed by atoms with van der Waals surface area (Å²) in [7, 11) is 0. The van der Waals surface area contributed by atoms with Crippen molar-refractivity contribution in [2.45, 2.75) is 0 Å². The predicted molar refractivity (Wildman–Crippen MR) is 230 cm³/mol. The molecule has 0 saturated heterocycles. The summed E-state index contributed by atoms with van der Waals surface area (Å²) in [6.45, 7) is 0. The van der Waals surface area contributed by atoms with Crippen molar-refractivity contribution < 1.29 is 0 Å². The lowest BCUT2D eigenvalue weighted by molar-refractivity contribution is 1.17. The first kappa shape index (κ1) is 31.9. The second-order valence-corrected chi connectivity index (χ2v) is 14.1. The highest BCUT2D eigenvalue weighted by Gasteiger charge is 2.19. The van der Waals surface area contributed by atoms with Crippen molar-refractivity contribution in [3.05, 3.63) is 200 Å². The summed E-state index contributed by atoms with van der Waals surface area (Å²) < 4.78 is 4.71. The fourth-order valence-corrected chi connectivity index (χ4v) is 8.24. The number of aromatic nitrogens is 5. The Morgan fingerprint density at radius 2 is 0.946 bits per heavy atom. The maximum Gasteiger partial charge on any atom is 0.160 e. The quantitative estimate of drug-likeness (QED) is 0.172. The Morgan fingerprint density at radius 3 is 1.71 bits per heavy atom. The van der Waals surface area contributed by atoms with Crippen molar-refractivity contribution in [2.24, 2.45) is 0 Å². The SMILES string of the molecule is c1ccc(-c2cc(-c3ccc(-n4c5ccccc5c5c(-c6ccc7c8ncccc8n(-c8ccccc8)c7c6)cccc54)cc3)nc(-c3ccccc3)n2)cc1. The molecule has 11 rings (SSSR count). The molecule has 7 aromatic carbocycles. The number of benzene rings is 7. The first-order chi connectivity index (χ1) is 27.8. The second kappa shape index (κ2) is 13.0. The Morgan fingerprint density at radius 1 is 0.357 bits per heavy atom. The van der Waals surface area contributed by atoms with Crippen LogP contribution in [0, 0.1) is 0 Å². The Bertz CT molecular complexity index is 3160. The monoisotopic (exact) mass is 715 g/mol. The summed E-state index contributed by atoms with van der Waals surface area (Å²) in [5.74, 6) is 0.708. The Kier molecular flexibility index (Phi) is 7.42. The molecule has 262 valence electrons. The third kappa shape index (κ3) is 5.21. The molecule has 0 amide bonds. The van der Waals surface area contributed by atoms with Gasteiger partial charge in [0.05, 0.1) is 39.0 Å². The molecule has 5 heteroatoms. The van der Waals surface area contributed by atoms with Gasteiger partial charge in [0.15, 0.2) is 5.82 Å². The van der Waals surface area contributed by atoms with Crippen molar-refractivity contribution in [1.82, 2.24) is 24.1 Å². The lowest BCUT2D eigenvalue weighted by atomic mass is 9.98. The molecular formula is C51H33N5. The van der Waals surface area contributed by atoms with Crippen LogP contribution in [0.4, 0.5) is 0 Å². The number of rotatable bonds is 6. The highest BCUT2D eigenvalue weighted by Crippen LogP contribution is 2.41. The van der Waals surface area contributed by atoms with Crippen molar-refractivity contribution in [1.29, 1.82) is 0 Å². The molecule has 0 saturated carbocycles. The lowest BCUT2D eigenvalue weighted by Gasteiger charge is -2.12. The largest absolute Gasteiger partial charge is 0.309 e. The molecule has 0 fully saturated rings. The van der Waals surface area contributed by atoms with Crippen LogP contribution < -0.4 is 0 Å². The van der Waals surface area contributed by atoms with E-state index in [2.05, 4.69) is 161 Å². The summed E-state index contributed by atoms with van der Waals surface area (Å²) in [5, 5.41) is 3.57. The number of hydrogen-bond acceptors (Lipinski definition) is 3. The van der Waals surface area contributed by atoms with E-state index in [9.17, 15) is 0 Å². The molecular weight excluding hydrogens is 683 g/mol. The molecule has 0 N–H and O–H groups in total. The molecule has 0 aliphatic rings. The van der Waals surface area contributed by atoms with Crippen molar-refractivity contribution in [2.75, 3.05) is 0 Å². The molecule has 0 aliphatic heterocycles. The summed E-state index contributed by atoms with van der Waals surface area (Å²) in [5.41, 5.74) is 15.0. The van der Waals surface area contributed by atoms with Crippen LogP contribution in [-0.2, 0) is 0 Å². The molecule has 0 atom stereocenters. The van der Waals surface area contributed by atoms with Gasteiger partial charge in [0.1, 0.15) is 0 Å². The number of nitrogens with zero attached hydrogens (tertiary/aromatic N) is 5. The normalized spacial score (nSPS) is 11.6. The van der Waals surface area contributed by atoms with Gasteiger partial charge in [-0.25, -0.2) is 9.97 Å². The molecule has 0 unspecified atom stereocenters. The molecule has 0 bridgehead atoms. The zero-order valence-electron chi connectivity index (χ0n) is 30.3. The molecule has 4 aromatic heterocycles. The average molecular weight is 716 g/mol. The van der Waals surface area contributed by atoms with E-state index in [4.69, 9.17) is 15.0 Å². The highest BCUT2D eigenvalue weighted by molar-refractivity contribution is 6.17. The van der Waals surface area contributed by atoms with Gasteiger partial charge < -0.3 is 9.13 Å². The fraction of sp³-hybridized carbons (Fsp3) is 0. The van der Waals surface area contributed by atoms with Gasteiger partial charge in [-0.3, -0.25) is 4.98 Å². The first-order valence-electron chi connectivity index (χ1n) is 18.9. The van der Waals surface area contributed by atoms with Gasteiger partial charge in [0, 0.05) is 50.4 Å². The van der Waals surface area contributed by atoms with Gasteiger partial charge in [-0.15, -0.1) is 0 Å². The Balaban J connectivity index is 1.06.